The highest BCUT2D eigenvalue weighted by molar-refractivity contribution is 5.43. The normalized spacial score (nSPS) is 11.9. The summed E-state index contributed by atoms with van der Waals surface area (Å²) in [5.74, 6) is -0.334. The topological polar surface area (TPSA) is 59.0 Å². The number of nitriles is 1. The lowest BCUT2D eigenvalue weighted by Gasteiger charge is -2.13. The molecule has 74 valence electrons. The van der Waals surface area contributed by atoms with Crippen molar-refractivity contribution in [2.24, 2.45) is 5.73 Å². The fraction of sp³-hybridized carbons (Fsp3) is 0.300. The van der Waals surface area contributed by atoms with Crippen molar-refractivity contribution in [2.45, 2.75) is 13.0 Å². The number of benzene rings is 1. The van der Waals surface area contributed by atoms with Crippen LogP contribution < -0.4 is 10.5 Å². The van der Waals surface area contributed by atoms with Gasteiger partial charge in [0, 0.05) is 6.54 Å². The molecule has 1 aromatic carbocycles. The number of nitrogens with zero attached hydrogens (tertiary/aromatic N) is 1. The van der Waals surface area contributed by atoms with Crippen LogP contribution in [-0.2, 0) is 0 Å². The van der Waals surface area contributed by atoms with Gasteiger partial charge in [-0.3, -0.25) is 0 Å². The van der Waals surface area contributed by atoms with E-state index < -0.39 is 5.82 Å². The molecule has 0 fully saturated rings. The van der Waals surface area contributed by atoms with Gasteiger partial charge in [-0.2, -0.15) is 5.26 Å². The Bertz CT molecular complexity index is 360. The van der Waals surface area contributed by atoms with Crippen LogP contribution in [0, 0.1) is 17.1 Å². The van der Waals surface area contributed by atoms with E-state index in [0.717, 1.165) is 0 Å². The predicted octanol–water partition coefficient (Wildman–Crippen LogP) is 1.42. The maximum Gasteiger partial charge on any atom is 0.144 e. The number of rotatable bonds is 3. The minimum atomic E-state index is -0.575. The minimum absolute atomic E-state index is 0.0761. The first-order valence-corrected chi connectivity index (χ1v) is 4.24. The second kappa shape index (κ2) is 4.58. The molecule has 1 unspecified atom stereocenters. The first-order chi connectivity index (χ1) is 6.69. The maximum absolute atomic E-state index is 13.1. The molecule has 0 aliphatic heterocycles. The molecule has 1 rings (SSSR count). The highest BCUT2D eigenvalue weighted by Gasteiger charge is 2.10. The van der Waals surface area contributed by atoms with Crippen LogP contribution in [0.5, 0.6) is 5.75 Å². The Morgan fingerprint density at radius 3 is 2.93 bits per heavy atom. The van der Waals surface area contributed by atoms with Crippen LogP contribution in [0.4, 0.5) is 4.39 Å². The van der Waals surface area contributed by atoms with E-state index in [1.165, 1.54) is 12.1 Å². The molecule has 2 N–H and O–H groups in total. The van der Waals surface area contributed by atoms with E-state index in [1.807, 2.05) is 0 Å². The van der Waals surface area contributed by atoms with Gasteiger partial charge < -0.3 is 10.5 Å². The molecular formula is C10H11FN2O. The van der Waals surface area contributed by atoms with E-state index >= 15 is 0 Å². The third kappa shape index (κ3) is 2.21. The van der Waals surface area contributed by atoms with Gasteiger partial charge in [0.1, 0.15) is 29.3 Å². The number of hydrogen-bond donors (Lipinski definition) is 1. The molecule has 0 saturated carbocycles. The van der Waals surface area contributed by atoms with Gasteiger partial charge in [-0.1, -0.05) is 6.07 Å². The Kier molecular flexibility index (Phi) is 3.43. The zero-order valence-corrected chi connectivity index (χ0v) is 7.83. The Labute approximate surface area is 81.9 Å². The molecule has 0 heterocycles. The quantitative estimate of drug-likeness (QED) is 0.791. The summed E-state index contributed by atoms with van der Waals surface area (Å²) in [6.45, 7) is 2.08. The Morgan fingerprint density at radius 1 is 1.64 bits per heavy atom. The molecule has 14 heavy (non-hydrogen) atoms. The Hall–Kier alpha value is -1.60. The van der Waals surface area contributed by atoms with Crippen molar-refractivity contribution in [2.75, 3.05) is 6.54 Å². The van der Waals surface area contributed by atoms with Crippen molar-refractivity contribution < 1.29 is 9.13 Å². The molecule has 0 bridgehead atoms. The summed E-state index contributed by atoms with van der Waals surface area (Å²) in [6, 6.07) is 6.02. The van der Waals surface area contributed by atoms with Crippen LogP contribution >= 0.6 is 0 Å². The van der Waals surface area contributed by atoms with E-state index in [4.69, 9.17) is 15.7 Å². The van der Waals surface area contributed by atoms with Gasteiger partial charge >= 0.3 is 0 Å². The van der Waals surface area contributed by atoms with E-state index in [2.05, 4.69) is 0 Å². The summed E-state index contributed by atoms with van der Waals surface area (Å²) in [5, 5.41) is 8.68. The van der Waals surface area contributed by atoms with Crippen molar-refractivity contribution in [3.63, 3.8) is 0 Å². The summed E-state index contributed by atoms with van der Waals surface area (Å²) in [7, 11) is 0. The molecule has 0 spiro atoms. The zero-order valence-electron chi connectivity index (χ0n) is 7.83. The average Bonchev–Trinajstić information content (AvgIpc) is 2.18. The van der Waals surface area contributed by atoms with E-state index in [1.54, 1.807) is 19.1 Å². The molecule has 0 aliphatic carbocycles. The van der Waals surface area contributed by atoms with Gasteiger partial charge in [-0.05, 0) is 19.1 Å². The highest BCUT2D eigenvalue weighted by atomic mass is 19.1. The van der Waals surface area contributed by atoms with Crippen LogP contribution in [0.2, 0.25) is 0 Å². The van der Waals surface area contributed by atoms with Crippen molar-refractivity contribution in [1.29, 1.82) is 5.26 Å². The van der Waals surface area contributed by atoms with E-state index in [-0.39, 0.29) is 17.4 Å². The summed E-state index contributed by atoms with van der Waals surface area (Å²) >= 11 is 0. The largest absolute Gasteiger partial charge is 0.488 e. The summed E-state index contributed by atoms with van der Waals surface area (Å²) in [6.07, 6.45) is -0.233. The molecule has 3 nitrogen and oxygen atoms in total. The minimum Gasteiger partial charge on any atom is -0.488 e. The van der Waals surface area contributed by atoms with Crippen LogP contribution in [-0.4, -0.2) is 12.6 Å². The lowest BCUT2D eigenvalue weighted by Crippen LogP contribution is -2.23. The van der Waals surface area contributed by atoms with Crippen LogP contribution in [0.25, 0.3) is 0 Å². The van der Waals surface area contributed by atoms with Gasteiger partial charge in [0.15, 0.2) is 0 Å². The summed E-state index contributed by atoms with van der Waals surface area (Å²) < 4.78 is 18.3. The Morgan fingerprint density at radius 2 is 2.36 bits per heavy atom. The van der Waals surface area contributed by atoms with Crippen LogP contribution in [0.1, 0.15) is 12.5 Å². The average molecular weight is 194 g/mol. The maximum atomic E-state index is 13.1. The van der Waals surface area contributed by atoms with Gasteiger partial charge in [0.2, 0.25) is 0 Å². The standard InChI is InChI=1S/C10H11FN2O/c1-7(5-12)14-10-4-2-3-9(11)8(10)6-13/h2-4,7H,5,12H2,1H3. The monoisotopic (exact) mass is 194 g/mol. The lowest BCUT2D eigenvalue weighted by molar-refractivity contribution is 0.228. The second-order valence-corrected chi connectivity index (χ2v) is 2.89. The zero-order chi connectivity index (χ0) is 10.6. The molecule has 0 aromatic heterocycles. The molecule has 4 heteroatoms. The van der Waals surface area contributed by atoms with Gasteiger partial charge in [-0.15, -0.1) is 0 Å². The Balaban J connectivity index is 2.98. The summed E-state index contributed by atoms with van der Waals surface area (Å²) in [4.78, 5) is 0. The highest BCUT2D eigenvalue weighted by Crippen LogP contribution is 2.21. The molecular weight excluding hydrogens is 183 g/mol. The first-order valence-electron chi connectivity index (χ1n) is 4.24. The summed E-state index contributed by atoms with van der Waals surface area (Å²) in [5.41, 5.74) is 5.27. The molecule has 0 aliphatic rings. The van der Waals surface area contributed by atoms with Crippen molar-refractivity contribution in [3.05, 3.63) is 29.6 Å². The fourth-order valence-electron chi connectivity index (χ4n) is 0.976. The fourth-order valence-corrected chi connectivity index (χ4v) is 0.976. The molecule has 1 aromatic rings. The number of nitrogens with two attached hydrogens (primary N) is 1. The smallest absolute Gasteiger partial charge is 0.144 e. The SMILES string of the molecule is CC(CN)Oc1cccc(F)c1C#N. The predicted molar refractivity (Wildman–Crippen MR) is 50.3 cm³/mol. The van der Waals surface area contributed by atoms with Gasteiger partial charge in [0.05, 0.1) is 0 Å². The first kappa shape index (κ1) is 10.5. The number of ether oxygens (including phenoxy) is 1. The molecule has 0 saturated heterocycles. The van der Waals surface area contributed by atoms with Gasteiger partial charge in [0.25, 0.3) is 0 Å². The molecule has 0 amide bonds. The van der Waals surface area contributed by atoms with Crippen LogP contribution in [0.3, 0.4) is 0 Å². The van der Waals surface area contributed by atoms with E-state index in [0.29, 0.717) is 6.54 Å². The van der Waals surface area contributed by atoms with E-state index in [9.17, 15) is 4.39 Å². The van der Waals surface area contributed by atoms with Gasteiger partial charge in [-0.25, -0.2) is 4.39 Å². The third-order valence-electron chi connectivity index (χ3n) is 1.75. The molecule has 0 radical (unpaired) electrons. The third-order valence-corrected chi connectivity index (χ3v) is 1.75. The number of hydrogen-bond acceptors (Lipinski definition) is 3. The van der Waals surface area contributed by atoms with Crippen LogP contribution in [0.15, 0.2) is 18.2 Å². The van der Waals surface area contributed by atoms with Crippen molar-refractivity contribution in [3.8, 4) is 11.8 Å². The number of halogens is 1. The van der Waals surface area contributed by atoms with Crippen molar-refractivity contribution in [1.82, 2.24) is 0 Å². The lowest BCUT2D eigenvalue weighted by atomic mass is 10.2. The van der Waals surface area contributed by atoms with Crippen molar-refractivity contribution >= 4 is 0 Å². The molecule has 1 atom stereocenters. The second-order valence-electron chi connectivity index (χ2n) is 2.89.